The van der Waals surface area contributed by atoms with Crippen LogP contribution in [0.5, 0.6) is 5.75 Å². The highest BCUT2D eigenvalue weighted by Crippen LogP contribution is 2.29. The van der Waals surface area contributed by atoms with E-state index < -0.39 is 5.92 Å². The predicted molar refractivity (Wildman–Crippen MR) is 101 cm³/mol. The second-order valence-corrected chi connectivity index (χ2v) is 6.85. The Bertz CT molecular complexity index is 859. The van der Waals surface area contributed by atoms with E-state index in [-0.39, 0.29) is 24.1 Å². The van der Waals surface area contributed by atoms with Gasteiger partial charge in [0.05, 0.1) is 18.7 Å². The number of benzene rings is 2. The number of hydrogen-bond acceptors (Lipinski definition) is 3. The minimum absolute atomic E-state index is 0.107. The highest BCUT2D eigenvalue weighted by molar-refractivity contribution is 6.31. The summed E-state index contributed by atoms with van der Waals surface area (Å²) in [5.41, 5.74) is 1.02. The van der Waals surface area contributed by atoms with Crippen LogP contribution in [-0.4, -0.2) is 36.9 Å². The van der Waals surface area contributed by atoms with E-state index in [0.29, 0.717) is 41.5 Å². The third-order valence-corrected chi connectivity index (χ3v) is 4.85. The lowest BCUT2D eigenvalue weighted by molar-refractivity contribution is -0.128. The first-order valence-electron chi connectivity index (χ1n) is 8.63. The van der Waals surface area contributed by atoms with Crippen LogP contribution >= 0.6 is 11.6 Å². The van der Waals surface area contributed by atoms with E-state index in [2.05, 4.69) is 5.32 Å². The summed E-state index contributed by atoms with van der Waals surface area (Å²) in [7, 11) is 1.50. The van der Waals surface area contributed by atoms with Crippen molar-refractivity contribution in [2.24, 2.45) is 5.92 Å². The van der Waals surface area contributed by atoms with Crippen molar-refractivity contribution in [1.29, 1.82) is 0 Å². The zero-order valence-corrected chi connectivity index (χ0v) is 15.6. The van der Waals surface area contributed by atoms with Crippen LogP contribution < -0.4 is 10.1 Å². The molecule has 2 aromatic carbocycles. The van der Waals surface area contributed by atoms with E-state index in [4.69, 9.17) is 16.3 Å². The van der Waals surface area contributed by atoms with Gasteiger partial charge in [-0.25, -0.2) is 4.39 Å². The fourth-order valence-electron chi connectivity index (χ4n) is 3.13. The maximum Gasteiger partial charge on any atom is 0.229 e. The van der Waals surface area contributed by atoms with E-state index in [1.54, 1.807) is 41.3 Å². The average molecular weight is 391 g/mol. The van der Waals surface area contributed by atoms with Gasteiger partial charge >= 0.3 is 0 Å². The molecule has 1 heterocycles. The Morgan fingerprint density at radius 1 is 1.33 bits per heavy atom. The SMILES string of the molecule is COc1ccc(Cl)cc1NC(=O)C1CC(=O)N(CCc2ccccc2F)C1. The van der Waals surface area contributed by atoms with E-state index in [9.17, 15) is 14.0 Å². The Labute approximate surface area is 162 Å². The van der Waals surface area contributed by atoms with Gasteiger partial charge in [-0.1, -0.05) is 29.8 Å². The Hall–Kier alpha value is -2.60. The van der Waals surface area contributed by atoms with Crippen LogP contribution in [0.15, 0.2) is 42.5 Å². The monoisotopic (exact) mass is 390 g/mol. The molecule has 1 N–H and O–H groups in total. The summed E-state index contributed by atoms with van der Waals surface area (Å²) < 4.78 is 18.9. The quantitative estimate of drug-likeness (QED) is 0.821. The number of halogens is 2. The molecule has 3 rings (SSSR count). The Kier molecular flexibility index (Phi) is 5.96. The molecule has 5 nitrogen and oxygen atoms in total. The minimum Gasteiger partial charge on any atom is -0.495 e. The fourth-order valence-corrected chi connectivity index (χ4v) is 3.31. The molecular weight excluding hydrogens is 371 g/mol. The van der Waals surface area contributed by atoms with Crippen molar-refractivity contribution in [3.05, 3.63) is 58.9 Å². The van der Waals surface area contributed by atoms with Gasteiger partial charge in [-0.05, 0) is 36.2 Å². The molecule has 0 aliphatic carbocycles. The lowest BCUT2D eigenvalue weighted by Gasteiger charge is -2.17. The van der Waals surface area contributed by atoms with Gasteiger partial charge in [0.1, 0.15) is 11.6 Å². The maximum absolute atomic E-state index is 13.7. The van der Waals surface area contributed by atoms with Crippen LogP contribution in [0.2, 0.25) is 5.02 Å². The molecule has 1 saturated heterocycles. The van der Waals surface area contributed by atoms with E-state index in [0.717, 1.165) is 0 Å². The lowest BCUT2D eigenvalue weighted by Crippen LogP contribution is -2.30. The molecule has 2 aromatic rings. The van der Waals surface area contributed by atoms with E-state index in [1.807, 2.05) is 0 Å². The molecule has 1 fully saturated rings. The summed E-state index contributed by atoms with van der Waals surface area (Å²) in [6.45, 7) is 0.687. The highest BCUT2D eigenvalue weighted by Gasteiger charge is 2.34. The topological polar surface area (TPSA) is 58.6 Å². The first kappa shape index (κ1) is 19.2. The van der Waals surface area contributed by atoms with Gasteiger partial charge in [0, 0.05) is 24.5 Å². The fraction of sp³-hybridized carbons (Fsp3) is 0.300. The minimum atomic E-state index is -0.471. The van der Waals surface area contributed by atoms with E-state index in [1.165, 1.54) is 13.2 Å². The first-order chi connectivity index (χ1) is 13.0. The molecule has 2 amide bonds. The second-order valence-electron chi connectivity index (χ2n) is 6.42. The predicted octanol–water partition coefficient (Wildman–Crippen LogP) is 3.52. The standard InChI is InChI=1S/C20H20ClFN2O3/c1-27-18-7-6-15(21)11-17(18)23-20(26)14-10-19(25)24(12-14)9-8-13-4-2-3-5-16(13)22/h2-7,11,14H,8-10,12H2,1H3,(H,23,26). The number of nitrogens with zero attached hydrogens (tertiary/aromatic N) is 1. The van der Waals surface area contributed by atoms with Gasteiger partial charge in [-0.15, -0.1) is 0 Å². The van der Waals surface area contributed by atoms with Gasteiger partial charge < -0.3 is 15.0 Å². The molecule has 1 aliphatic rings. The molecule has 142 valence electrons. The van der Waals surface area contributed by atoms with Crippen LogP contribution in [0.25, 0.3) is 0 Å². The molecule has 0 bridgehead atoms. The van der Waals surface area contributed by atoms with Crippen LogP contribution in [0.3, 0.4) is 0 Å². The van der Waals surface area contributed by atoms with Crippen LogP contribution in [0.1, 0.15) is 12.0 Å². The Morgan fingerprint density at radius 3 is 2.85 bits per heavy atom. The smallest absolute Gasteiger partial charge is 0.229 e. The van der Waals surface area contributed by atoms with Crippen molar-refractivity contribution in [3.8, 4) is 5.75 Å². The van der Waals surface area contributed by atoms with Gasteiger partial charge in [0.15, 0.2) is 0 Å². The molecule has 1 unspecified atom stereocenters. The maximum atomic E-state index is 13.7. The molecule has 7 heteroatoms. The largest absolute Gasteiger partial charge is 0.495 e. The number of nitrogens with one attached hydrogen (secondary N) is 1. The van der Waals surface area contributed by atoms with E-state index >= 15 is 0 Å². The lowest BCUT2D eigenvalue weighted by atomic mass is 10.1. The zero-order chi connectivity index (χ0) is 19.4. The Balaban J connectivity index is 1.60. The molecule has 0 radical (unpaired) electrons. The molecule has 27 heavy (non-hydrogen) atoms. The molecule has 0 aromatic heterocycles. The average Bonchev–Trinajstić information content (AvgIpc) is 3.02. The van der Waals surface area contributed by atoms with Crippen molar-refractivity contribution in [1.82, 2.24) is 4.90 Å². The summed E-state index contributed by atoms with van der Waals surface area (Å²) in [5, 5.41) is 3.25. The van der Waals surface area contributed by atoms with Crippen molar-refractivity contribution >= 4 is 29.1 Å². The zero-order valence-electron chi connectivity index (χ0n) is 14.9. The summed E-state index contributed by atoms with van der Waals surface area (Å²) in [4.78, 5) is 26.4. The molecular formula is C20H20ClFN2O3. The van der Waals surface area contributed by atoms with Crippen molar-refractivity contribution in [2.45, 2.75) is 12.8 Å². The number of rotatable bonds is 6. The molecule has 0 saturated carbocycles. The van der Waals surface area contributed by atoms with Crippen LogP contribution in [-0.2, 0) is 16.0 Å². The van der Waals surface area contributed by atoms with Gasteiger partial charge in [-0.2, -0.15) is 0 Å². The molecule has 0 spiro atoms. The summed E-state index contributed by atoms with van der Waals surface area (Å²) in [6.07, 6.45) is 0.543. The first-order valence-corrected chi connectivity index (χ1v) is 9.01. The third-order valence-electron chi connectivity index (χ3n) is 4.61. The highest BCUT2D eigenvalue weighted by atomic mass is 35.5. The summed E-state index contributed by atoms with van der Waals surface area (Å²) in [6, 6.07) is 11.4. The number of anilines is 1. The van der Waals surface area contributed by atoms with Gasteiger partial charge in [0.2, 0.25) is 11.8 Å². The molecule has 1 atom stereocenters. The normalized spacial score (nSPS) is 16.5. The van der Waals surface area contributed by atoms with Gasteiger partial charge in [-0.3, -0.25) is 9.59 Å². The van der Waals surface area contributed by atoms with Crippen molar-refractivity contribution in [2.75, 3.05) is 25.5 Å². The summed E-state index contributed by atoms with van der Waals surface area (Å²) >= 11 is 5.98. The van der Waals surface area contributed by atoms with Crippen molar-refractivity contribution < 1.29 is 18.7 Å². The number of ether oxygens (including phenoxy) is 1. The summed E-state index contributed by atoms with van der Waals surface area (Å²) in [5.74, 6) is -0.636. The van der Waals surface area contributed by atoms with Crippen molar-refractivity contribution in [3.63, 3.8) is 0 Å². The number of likely N-dealkylation sites (tertiary alicyclic amines) is 1. The third kappa shape index (κ3) is 4.57. The van der Waals surface area contributed by atoms with Gasteiger partial charge in [0.25, 0.3) is 0 Å². The molecule has 1 aliphatic heterocycles. The Morgan fingerprint density at radius 2 is 2.11 bits per heavy atom. The number of hydrogen-bond donors (Lipinski definition) is 1. The number of amides is 2. The number of carbonyl (C=O) groups excluding carboxylic acids is 2. The number of carbonyl (C=O) groups is 2. The number of methoxy groups -OCH3 is 1. The second kappa shape index (κ2) is 8.39. The van der Waals surface area contributed by atoms with Crippen LogP contribution in [0, 0.1) is 11.7 Å². The van der Waals surface area contributed by atoms with Crippen LogP contribution in [0.4, 0.5) is 10.1 Å².